The van der Waals surface area contributed by atoms with E-state index in [2.05, 4.69) is 40.5 Å². The molecule has 1 aromatic carbocycles. The van der Waals surface area contributed by atoms with Crippen molar-refractivity contribution in [1.29, 1.82) is 0 Å². The summed E-state index contributed by atoms with van der Waals surface area (Å²) < 4.78 is 0. The quantitative estimate of drug-likeness (QED) is 0.815. The van der Waals surface area contributed by atoms with Crippen LogP contribution in [0.1, 0.15) is 30.9 Å². The number of nitrogens with zero attached hydrogens (tertiary/aromatic N) is 1. The highest BCUT2D eigenvalue weighted by Crippen LogP contribution is 2.28. The van der Waals surface area contributed by atoms with E-state index < -0.39 is 0 Å². The number of hydrogen-bond donors (Lipinski definition) is 1. The van der Waals surface area contributed by atoms with Crippen molar-refractivity contribution >= 4 is 0 Å². The average molecular weight is 216 g/mol. The summed E-state index contributed by atoms with van der Waals surface area (Å²) >= 11 is 0. The van der Waals surface area contributed by atoms with E-state index >= 15 is 0 Å². The molecule has 1 heterocycles. The fraction of sp³-hybridized carbons (Fsp3) is 0.571. The highest BCUT2D eigenvalue weighted by molar-refractivity contribution is 5.20. The van der Waals surface area contributed by atoms with Crippen LogP contribution in [0.25, 0.3) is 0 Å². The average Bonchev–Trinajstić information content (AvgIpc) is 2.28. The molecule has 86 valence electrons. The van der Waals surface area contributed by atoms with Crippen LogP contribution in [-0.4, -0.2) is 30.6 Å². The Morgan fingerprint density at radius 1 is 1.12 bits per heavy atom. The molecule has 0 unspecified atom stereocenters. The second-order valence-electron chi connectivity index (χ2n) is 5.00. The zero-order valence-corrected chi connectivity index (χ0v) is 9.73. The van der Waals surface area contributed by atoms with Gasteiger partial charge in [-0.1, -0.05) is 36.8 Å². The zero-order valence-electron chi connectivity index (χ0n) is 9.73. The van der Waals surface area contributed by atoms with Crippen LogP contribution in [-0.2, 0) is 0 Å². The number of rotatable bonds is 2. The first kappa shape index (κ1) is 10.3. The van der Waals surface area contributed by atoms with Crippen LogP contribution in [0.15, 0.2) is 30.3 Å². The molecule has 0 spiro atoms. The van der Waals surface area contributed by atoms with Crippen molar-refractivity contribution in [2.24, 2.45) is 0 Å². The topological polar surface area (TPSA) is 15.3 Å². The van der Waals surface area contributed by atoms with E-state index in [4.69, 9.17) is 0 Å². The summed E-state index contributed by atoms with van der Waals surface area (Å²) in [6.07, 6.45) is 4.27. The van der Waals surface area contributed by atoms with Gasteiger partial charge in [-0.2, -0.15) is 0 Å². The van der Waals surface area contributed by atoms with Gasteiger partial charge in [0.05, 0.1) is 0 Å². The van der Waals surface area contributed by atoms with Gasteiger partial charge in [-0.15, -0.1) is 0 Å². The Kier molecular flexibility index (Phi) is 2.94. The van der Waals surface area contributed by atoms with Gasteiger partial charge in [0.1, 0.15) is 0 Å². The van der Waals surface area contributed by atoms with Crippen molar-refractivity contribution in [3.63, 3.8) is 0 Å². The molecule has 0 aromatic heterocycles. The minimum atomic E-state index is 0.538. The molecule has 0 radical (unpaired) electrons. The van der Waals surface area contributed by atoms with Crippen LogP contribution >= 0.6 is 0 Å². The lowest BCUT2D eigenvalue weighted by atomic mass is 9.90. The third kappa shape index (κ3) is 2.00. The molecule has 1 aromatic rings. The third-order valence-corrected chi connectivity index (χ3v) is 4.00. The van der Waals surface area contributed by atoms with Crippen LogP contribution in [0.4, 0.5) is 0 Å². The first-order valence-corrected chi connectivity index (χ1v) is 6.46. The lowest BCUT2D eigenvalue weighted by molar-refractivity contribution is 0.0919. The van der Waals surface area contributed by atoms with E-state index in [1.165, 1.54) is 37.9 Å². The van der Waals surface area contributed by atoms with Crippen molar-refractivity contribution < 1.29 is 0 Å². The maximum atomic E-state index is 3.63. The molecular formula is C14H20N2. The third-order valence-electron chi connectivity index (χ3n) is 4.00. The van der Waals surface area contributed by atoms with E-state index in [1.807, 2.05) is 0 Å². The van der Waals surface area contributed by atoms with Gasteiger partial charge in [0.25, 0.3) is 0 Å². The SMILES string of the molecule is c1ccc([C@@H]2CN(C3CCC3)CCN2)cc1. The molecule has 0 bridgehead atoms. The van der Waals surface area contributed by atoms with Gasteiger partial charge in [0.2, 0.25) is 0 Å². The van der Waals surface area contributed by atoms with Crippen molar-refractivity contribution in [2.75, 3.05) is 19.6 Å². The number of benzene rings is 1. The fourth-order valence-electron chi connectivity index (χ4n) is 2.76. The molecule has 1 atom stereocenters. The minimum absolute atomic E-state index is 0.538. The van der Waals surface area contributed by atoms with E-state index in [1.54, 1.807) is 0 Å². The summed E-state index contributed by atoms with van der Waals surface area (Å²) in [5.74, 6) is 0. The van der Waals surface area contributed by atoms with E-state index in [0.717, 1.165) is 12.6 Å². The summed E-state index contributed by atoms with van der Waals surface area (Å²) in [5.41, 5.74) is 1.44. The van der Waals surface area contributed by atoms with Crippen LogP contribution in [0.2, 0.25) is 0 Å². The lowest BCUT2D eigenvalue weighted by Crippen LogP contribution is -2.51. The second-order valence-corrected chi connectivity index (χ2v) is 5.00. The number of hydrogen-bond acceptors (Lipinski definition) is 2. The Labute approximate surface area is 97.6 Å². The molecule has 1 saturated heterocycles. The van der Waals surface area contributed by atoms with Crippen LogP contribution in [0, 0.1) is 0 Å². The Morgan fingerprint density at radius 2 is 1.94 bits per heavy atom. The number of nitrogens with one attached hydrogen (secondary N) is 1. The normalized spacial score (nSPS) is 27.6. The first-order chi connectivity index (χ1) is 7.93. The van der Waals surface area contributed by atoms with Crippen LogP contribution < -0.4 is 5.32 Å². The van der Waals surface area contributed by atoms with Crippen molar-refractivity contribution in [1.82, 2.24) is 10.2 Å². The Balaban J connectivity index is 1.67. The van der Waals surface area contributed by atoms with Gasteiger partial charge in [-0.25, -0.2) is 0 Å². The van der Waals surface area contributed by atoms with Crippen LogP contribution in [0.5, 0.6) is 0 Å². The fourth-order valence-corrected chi connectivity index (χ4v) is 2.76. The summed E-state index contributed by atoms with van der Waals surface area (Å²) in [6.45, 7) is 3.55. The monoisotopic (exact) mass is 216 g/mol. The predicted molar refractivity (Wildman–Crippen MR) is 66.4 cm³/mol. The molecule has 2 heteroatoms. The smallest absolute Gasteiger partial charge is 0.0449 e. The summed E-state index contributed by atoms with van der Waals surface area (Å²) in [4.78, 5) is 2.68. The zero-order chi connectivity index (χ0) is 10.8. The Hall–Kier alpha value is -0.860. The van der Waals surface area contributed by atoms with Gasteiger partial charge < -0.3 is 5.32 Å². The van der Waals surface area contributed by atoms with Gasteiger partial charge in [0, 0.05) is 31.7 Å². The maximum absolute atomic E-state index is 3.63. The second kappa shape index (κ2) is 4.56. The predicted octanol–water partition coefficient (Wildman–Crippen LogP) is 2.19. The van der Waals surface area contributed by atoms with E-state index in [-0.39, 0.29) is 0 Å². The largest absolute Gasteiger partial charge is 0.308 e. The number of piperazine rings is 1. The van der Waals surface area contributed by atoms with Crippen molar-refractivity contribution in [3.8, 4) is 0 Å². The standard InChI is InChI=1S/C14H20N2/c1-2-5-12(6-3-1)14-11-16(10-9-15-14)13-7-4-8-13/h1-3,5-6,13-15H,4,7-11H2/t14-/m0/s1. The van der Waals surface area contributed by atoms with Gasteiger partial charge >= 0.3 is 0 Å². The molecule has 0 amide bonds. The van der Waals surface area contributed by atoms with Gasteiger partial charge in [-0.05, 0) is 18.4 Å². The van der Waals surface area contributed by atoms with Crippen molar-refractivity contribution in [2.45, 2.75) is 31.3 Å². The molecular weight excluding hydrogens is 196 g/mol. The van der Waals surface area contributed by atoms with E-state index in [0.29, 0.717) is 6.04 Å². The molecule has 1 aliphatic heterocycles. The molecule has 2 fully saturated rings. The molecule has 2 nitrogen and oxygen atoms in total. The highest BCUT2D eigenvalue weighted by Gasteiger charge is 2.29. The molecule has 1 aliphatic carbocycles. The molecule has 1 N–H and O–H groups in total. The molecule has 1 saturated carbocycles. The lowest BCUT2D eigenvalue weighted by Gasteiger charge is -2.43. The summed E-state index contributed by atoms with van der Waals surface area (Å²) in [6, 6.07) is 12.3. The Bertz CT molecular complexity index is 332. The van der Waals surface area contributed by atoms with Gasteiger partial charge in [0.15, 0.2) is 0 Å². The maximum Gasteiger partial charge on any atom is 0.0449 e. The van der Waals surface area contributed by atoms with E-state index in [9.17, 15) is 0 Å². The Morgan fingerprint density at radius 3 is 2.62 bits per heavy atom. The first-order valence-electron chi connectivity index (χ1n) is 6.46. The van der Waals surface area contributed by atoms with Crippen molar-refractivity contribution in [3.05, 3.63) is 35.9 Å². The molecule has 2 aliphatic rings. The summed E-state index contributed by atoms with van der Waals surface area (Å²) in [7, 11) is 0. The molecule has 16 heavy (non-hydrogen) atoms. The highest BCUT2D eigenvalue weighted by atomic mass is 15.2. The molecule has 3 rings (SSSR count). The minimum Gasteiger partial charge on any atom is -0.308 e. The summed E-state index contributed by atoms with van der Waals surface area (Å²) in [5, 5.41) is 3.63. The van der Waals surface area contributed by atoms with Crippen LogP contribution in [0.3, 0.4) is 0 Å². The van der Waals surface area contributed by atoms with Gasteiger partial charge in [-0.3, -0.25) is 4.90 Å².